The maximum absolute atomic E-state index is 13.2. The van der Waals surface area contributed by atoms with Crippen molar-refractivity contribution in [3.05, 3.63) is 76.6 Å². The summed E-state index contributed by atoms with van der Waals surface area (Å²) in [6, 6.07) is 16.4. The number of imide groups is 1. The van der Waals surface area contributed by atoms with Gasteiger partial charge in [-0.25, -0.2) is 4.79 Å². The number of hydrogen-bond donors (Lipinski definition) is 2. The molecule has 2 N–H and O–H groups in total. The highest BCUT2D eigenvalue weighted by Crippen LogP contribution is 2.36. The van der Waals surface area contributed by atoms with Crippen LogP contribution in [0.15, 0.2) is 54.7 Å². The van der Waals surface area contributed by atoms with Crippen molar-refractivity contribution in [2.45, 2.75) is 76.0 Å². The third kappa shape index (κ3) is 9.05. The number of carbonyl (C=O) groups is 4. The molecule has 16 heteroatoms. The second-order valence-electron chi connectivity index (χ2n) is 16.7. The van der Waals surface area contributed by atoms with Gasteiger partial charge in [-0.15, -0.1) is 10.2 Å². The number of halogens is 1. The molecule has 1 aliphatic carbocycles. The van der Waals surface area contributed by atoms with Crippen molar-refractivity contribution in [1.82, 2.24) is 35.2 Å². The highest BCUT2D eigenvalue weighted by atomic mass is 35.5. The number of benzene rings is 2. The fraction of sp³-hybridized carbons (Fsp3) is 0.477. The zero-order chi connectivity index (χ0) is 41.9. The Morgan fingerprint density at radius 2 is 1.70 bits per heavy atom. The van der Waals surface area contributed by atoms with Gasteiger partial charge in [-0.3, -0.25) is 24.6 Å². The number of ether oxygens (including phenoxy) is 1. The molecule has 4 fully saturated rings. The minimum absolute atomic E-state index is 0.0230. The molecule has 0 bridgehead atoms. The molecule has 0 radical (unpaired) electrons. The summed E-state index contributed by atoms with van der Waals surface area (Å²) >= 11 is 6.16. The van der Waals surface area contributed by atoms with Crippen LogP contribution in [-0.4, -0.2) is 114 Å². The number of hydrogen-bond acceptors (Lipinski definition) is 10. The number of nitrogens with one attached hydrogen (secondary N) is 2. The van der Waals surface area contributed by atoms with Crippen LogP contribution in [0.1, 0.15) is 90.2 Å². The average molecular weight is 835 g/mol. The number of aromatic nitrogens is 3. The molecule has 8 rings (SSSR count). The Morgan fingerprint density at radius 3 is 2.37 bits per heavy atom. The molecular weight excluding hydrogens is 784 g/mol. The molecule has 5 amide bonds. The van der Waals surface area contributed by atoms with Crippen LogP contribution in [0.3, 0.4) is 0 Å². The molecule has 60 heavy (non-hydrogen) atoms. The van der Waals surface area contributed by atoms with Crippen LogP contribution < -0.4 is 25.2 Å². The standard InChI is InChI=1S/C44H51ClN10O5/c1-51(2)43(58)30-23-38-35(39(24-30)55-22-16-41(56)48-44(55)59)15-21-54(38)32-13-17-52(18-14-32)27-28-11-19-53(20-12-28)40-10-9-37(49-50-40)42(57)47-31-4-7-33(8-5-31)60-34-6-3-29(26-46)36(45)25-34/h3,6,9-10,15,21,23-25,28,31-33H,4-5,7-8,11-14,16-20,22,27H2,1-2H3,(H,47,57)(H,48,56,59)/t31-,33-. The summed E-state index contributed by atoms with van der Waals surface area (Å²) in [5.74, 6) is 1.36. The van der Waals surface area contributed by atoms with Gasteiger partial charge >= 0.3 is 6.03 Å². The predicted octanol–water partition coefficient (Wildman–Crippen LogP) is 5.78. The lowest BCUT2D eigenvalue weighted by atomic mass is 9.92. The van der Waals surface area contributed by atoms with E-state index >= 15 is 0 Å². The van der Waals surface area contributed by atoms with Crippen molar-refractivity contribution in [2.75, 3.05) is 63.2 Å². The number of nitrogens with zero attached hydrogens (tertiary/aromatic N) is 8. The quantitative estimate of drug-likeness (QED) is 0.200. The monoisotopic (exact) mass is 834 g/mol. The smallest absolute Gasteiger partial charge is 0.328 e. The Morgan fingerprint density at radius 1 is 0.933 bits per heavy atom. The molecular formula is C44H51ClN10O5. The van der Waals surface area contributed by atoms with Gasteiger partial charge in [0.05, 0.1) is 27.9 Å². The van der Waals surface area contributed by atoms with E-state index in [-0.39, 0.29) is 48.9 Å². The fourth-order valence-electron chi connectivity index (χ4n) is 9.10. The third-order valence-corrected chi connectivity index (χ3v) is 12.8. The van der Waals surface area contributed by atoms with Crippen molar-refractivity contribution in [3.8, 4) is 11.8 Å². The van der Waals surface area contributed by atoms with Crippen LogP contribution in [0.25, 0.3) is 10.9 Å². The Balaban J connectivity index is 0.794. The number of rotatable bonds is 10. The number of carbonyl (C=O) groups excluding carboxylic acids is 4. The van der Waals surface area contributed by atoms with E-state index in [9.17, 15) is 19.2 Å². The Bertz CT molecular complexity index is 2280. The first-order valence-electron chi connectivity index (χ1n) is 21.0. The van der Waals surface area contributed by atoms with Gasteiger partial charge in [0.1, 0.15) is 11.8 Å². The summed E-state index contributed by atoms with van der Waals surface area (Å²) in [4.78, 5) is 58.9. The van der Waals surface area contributed by atoms with Gasteiger partial charge in [-0.05, 0) is 99.7 Å². The Labute approximate surface area is 354 Å². The first-order chi connectivity index (χ1) is 29.0. The highest BCUT2D eigenvalue weighted by Gasteiger charge is 2.31. The molecule has 3 saturated heterocycles. The number of anilines is 2. The molecule has 4 aliphatic rings. The summed E-state index contributed by atoms with van der Waals surface area (Å²) in [6.45, 7) is 5.03. The fourth-order valence-corrected chi connectivity index (χ4v) is 9.31. The van der Waals surface area contributed by atoms with Gasteiger partial charge in [0.15, 0.2) is 11.5 Å². The van der Waals surface area contributed by atoms with Gasteiger partial charge < -0.3 is 29.3 Å². The van der Waals surface area contributed by atoms with Gasteiger partial charge in [0.2, 0.25) is 5.91 Å². The van der Waals surface area contributed by atoms with Crippen molar-refractivity contribution in [3.63, 3.8) is 0 Å². The maximum Gasteiger partial charge on any atom is 0.328 e. The summed E-state index contributed by atoms with van der Waals surface area (Å²) in [7, 11) is 3.44. The van der Waals surface area contributed by atoms with E-state index in [1.165, 1.54) is 4.90 Å². The first kappa shape index (κ1) is 41.0. The molecule has 1 saturated carbocycles. The normalized spacial score (nSPS) is 20.8. The Hall–Kier alpha value is -5.72. The van der Waals surface area contributed by atoms with Crippen LogP contribution in [0.2, 0.25) is 5.02 Å². The van der Waals surface area contributed by atoms with Crippen molar-refractivity contribution >= 4 is 57.8 Å². The number of piperidine rings is 2. The lowest BCUT2D eigenvalue weighted by molar-refractivity contribution is -0.120. The van der Waals surface area contributed by atoms with E-state index in [0.717, 1.165) is 101 Å². The molecule has 3 aliphatic heterocycles. The first-order valence-corrected chi connectivity index (χ1v) is 21.4. The van der Waals surface area contributed by atoms with Gasteiger partial charge in [-0.2, -0.15) is 5.26 Å². The second-order valence-corrected chi connectivity index (χ2v) is 17.1. The van der Waals surface area contributed by atoms with Crippen LogP contribution in [0.5, 0.6) is 5.75 Å². The van der Waals surface area contributed by atoms with Crippen LogP contribution in [-0.2, 0) is 4.79 Å². The van der Waals surface area contributed by atoms with Gasteiger partial charge in [0, 0.05) is 95.1 Å². The van der Waals surface area contributed by atoms with Crippen LogP contribution in [0.4, 0.5) is 16.3 Å². The Kier molecular flexibility index (Phi) is 12.2. The lowest BCUT2D eigenvalue weighted by Gasteiger charge is -2.38. The van der Waals surface area contributed by atoms with E-state index in [1.54, 1.807) is 49.3 Å². The molecule has 2 aromatic heterocycles. The zero-order valence-electron chi connectivity index (χ0n) is 34.1. The summed E-state index contributed by atoms with van der Waals surface area (Å²) < 4.78 is 8.36. The number of fused-ring (bicyclic) bond motifs is 1. The maximum atomic E-state index is 13.2. The highest BCUT2D eigenvalue weighted by molar-refractivity contribution is 6.31. The molecule has 15 nitrogen and oxygen atoms in total. The molecule has 314 valence electrons. The van der Waals surface area contributed by atoms with E-state index in [1.807, 2.05) is 18.2 Å². The van der Waals surface area contributed by atoms with E-state index in [0.29, 0.717) is 39.2 Å². The van der Waals surface area contributed by atoms with Crippen LogP contribution >= 0.6 is 11.6 Å². The molecule has 0 unspecified atom stereocenters. The SMILES string of the molecule is CN(C)C(=O)c1cc(N2CCC(=O)NC2=O)c2ccn(C3CCN(CC4CCN(c5ccc(C(=O)N[C@H]6CC[C@H](Oc7ccc(C#N)c(Cl)c7)CC6)nn5)CC4)CC3)c2c1. The van der Waals surface area contributed by atoms with Gasteiger partial charge in [-0.1, -0.05) is 11.6 Å². The minimum atomic E-state index is -0.466. The third-order valence-electron chi connectivity index (χ3n) is 12.5. The van der Waals surface area contributed by atoms with Crippen LogP contribution in [0, 0.1) is 17.2 Å². The van der Waals surface area contributed by atoms with Crippen molar-refractivity contribution in [2.24, 2.45) is 5.92 Å². The summed E-state index contributed by atoms with van der Waals surface area (Å²) in [6.07, 6.45) is 9.53. The zero-order valence-corrected chi connectivity index (χ0v) is 34.9. The molecule has 4 aromatic rings. The van der Waals surface area contributed by atoms with E-state index in [4.69, 9.17) is 21.6 Å². The average Bonchev–Trinajstić information content (AvgIpc) is 3.69. The lowest BCUT2D eigenvalue weighted by Crippen LogP contribution is -2.49. The number of amides is 5. The second kappa shape index (κ2) is 17.9. The molecule has 5 heterocycles. The largest absolute Gasteiger partial charge is 0.490 e. The van der Waals surface area contributed by atoms with E-state index < -0.39 is 6.03 Å². The minimum Gasteiger partial charge on any atom is -0.490 e. The van der Waals surface area contributed by atoms with Gasteiger partial charge in [0.25, 0.3) is 11.8 Å². The number of urea groups is 1. The number of nitriles is 1. The molecule has 2 aromatic carbocycles. The summed E-state index contributed by atoms with van der Waals surface area (Å²) in [5.41, 5.74) is 2.80. The number of likely N-dealkylation sites (tertiary alicyclic amines) is 1. The topological polar surface area (TPSA) is 169 Å². The van der Waals surface area contributed by atoms with Crippen molar-refractivity contribution in [1.29, 1.82) is 5.26 Å². The van der Waals surface area contributed by atoms with E-state index in [2.05, 4.69) is 47.5 Å². The molecule has 0 atom stereocenters. The van der Waals surface area contributed by atoms with Crippen molar-refractivity contribution < 1.29 is 23.9 Å². The predicted molar refractivity (Wildman–Crippen MR) is 227 cm³/mol. The summed E-state index contributed by atoms with van der Waals surface area (Å²) in [5, 5.41) is 24.7. The molecule has 0 spiro atoms.